The molecule has 0 aromatic carbocycles. The van der Waals surface area contributed by atoms with E-state index in [-0.39, 0.29) is 6.10 Å². The second kappa shape index (κ2) is 5.04. The summed E-state index contributed by atoms with van der Waals surface area (Å²) in [4.78, 5) is 12.0. The van der Waals surface area contributed by atoms with Crippen LogP contribution >= 0.6 is 11.3 Å². The average Bonchev–Trinajstić information content (AvgIpc) is 2.93. The van der Waals surface area contributed by atoms with Crippen LogP contribution in [0.3, 0.4) is 0 Å². The molecule has 0 saturated carbocycles. The van der Waals surface area contributed by atoms with Crippen molar-refractivity contribution in [1.82, 2.24) is 9.97 Å². The average molecular weight is 261 g/mol. The van der Waals surface area contributed by atoms with Gasteiger partial charge >= 0.3 is 0 Å². The lowest BCUT2D eigenvalue weighted by molar-refractivity contribution is 0.0418. The van der Waals surface area contributed by atoms with Crippen LogP contribution in [-0.4, -0.2) is 29.7 Å². The Hall–Kier alpha value is -1.46. The minimum Gasteiger partial charge on any atom is -0.369 e. The number of thiophene rings is 1. The van der Waals surface area contributed by atoms with E-state index in [1.54, 1.807) is 17.7 Å². The van der Waals surface area contributed by atoms with Gasteiger partial charge in [0.25, 0.3) is 0 Å². The molecule has 1 fully saturated rings. The third kappa shape index (κ3) is 2.37. The molecule has 1 atom stereocenters. The van der Waals surface area contributed by atoms with Crippen molar-refractivity contribution < 1.29 is 4.74 Å². The third-order valence-electron chi connectivity index (χ3n) is 3.04. The maximum absolute atomic E-state index is 5.83. The Labute approximate surface area is 110 Å². The minimum atomic E-state index is 0.161. The van der Waals surface area contributed by atoms with Gasteiger partial charge in [-0.3, -0.25) is 0 Å². The van der Waals surface area contributed by atoms with Gasteiger partial charge in [0.2, 0.25) is 0 Å². The lowest BCUT2D eigenvalue weighted by Crippen LogP contribution is -2.38. The summed E-state index contributed by atoms with van der Waals surface area (Å²) in [6.45, 7) is 4.48. The Bertz CT molecular complexity index is 515. The molecular formula is C13H15N3OS. The predicted octanol–water partition coefficient (Wildman–Crippen LogP) is 2.42. The molecule has 3 heterocycles. The van der Waals surface area contributed by atoms with Gasteiger partial charge in [0.15, 0.2) is 0 Å². The van der Waals surface area contributed by atoms with Crippen LogP contribution in [0.5, 0.6) is 0 Å². The van der Waals surface area contributed by atoms with Gasteiger partial charge in [-0.2, -0.15) is 0 Å². The molecule has 1 saturated heterocycles. The summed E-state index contributed by atoms with van der Waals surface area (Å²) in [6.07, 6.45) is 1.79. The van der Waals surface area contributed by atoms with Crippen LogP contribution < -0.4 is 4.90 Å². The van der Waals surface area contributed by atoms with Crippen molar-refractivity contribution in [2.75, 3.05) is 24.6 Å². The molecule has 5 heteroatoms. The molecule has 0 spiro atoms. The van der Waals surface area contributed by atoms with Gasteiger partial charge in [-0.25, -0.2) is 9.97 Å². The molecule has 0 amide bonds. The fourth-order valence-corrected chi connectivity index (χ4v) is 2.88. The number of ether oxygens (including phenoxy) is 1. The number of hydrogen-bond donors (Lipinski definition) is 0. The Morgan fingerprint density at radius 2 is 2.39 bits per heavy atom. The SMILES string of the molecule is Cc1cc(N2CCOC(c3cccs3)C2)ncn1. The molecule has 2 aromatic heterocycles. The highest BCUT2D eigenvalue weighted by molar-refractivity contribution is 7.10. The van der Waals surface area contributed by atoms with Gasteiger partial charge in [-0.05, 0) is 18.4 Å². The molecule has 94 valence electrons. The maximum atomic E-state index is 5.83. The Morgan fingerprint density at radius 1 is 1.44 bits per heavy atom. The Balaban J connectivity index is 1.78. The molecule has 2 aromatic rings. The first-order chi connectivity index (χ1) is 8.83. The summed E-state index contributed by atoms with van der Waals surface area (Å²) in [7, 11) is 0. The first kappa shape index (κ1) is 11.6. The summed E-state index contributed by atoms with van der Waals surface area (Å²) < 4.78 is 5.83. The van der Waals surface area contributed by atoms with Crippen LogP contribution in [0.4, 0.5) is 5.82 Å². The molecule has 4 nitrogen and oxygen atoms in total. The highest BCUT2D eigenvalue weighted by Gasteiger charge is 2.23. The van der Waals surface area contributed by atoms with Crippen molar-refractivity contribution in [3.05, 3.63) is 40.5 Å². The molecule has 0 bridgehead atoms. The molecule has 0 radical (unpaired) electrons. The third-order valence-corrected chi connectivity index (χ3v) is 4.00. The molecule has 1 aliphatic rings. The highest BCUT2D eigenvalue weighted by Crippen LogP contribution is 2.27. The largest absolute Gasteiger partial charge is 0.369 e. The van der Waals surface area contributed by atoms with Crippen LogP contribution in [0.15, 0.2) is 29.9 Å². The summed E-state index contributed by atoms with van der Waals surface area (Å²) in [6, 6.07) is 6.22. The summed E-state index contributed by atoms with van der Waals surface area (Å²) in [5.41, 5.74) is 0.999. The van der Waals surface area contributed by atoms with Gasteiger partial charge in [0.1, 0.15) is 18.2 Å². The predicted molar refractivity (Wildman–Crippen MR) is 72.0 cm³/mol. The Kier molecular flexibility index (Phi) is 3.25. The van der Waals surface area contributed by atoms with E-state index >= 15 is 0 Å². The molecule has 0 aliphatic carbocycles. The smallest absolute Gasteiger partial charge is 0.132 e. The van der Waals surface area contributed by atoms with E-state index in [1.165, 1.54) is 4.88 Å². The second-order valence-electron chi connectivity index (χ2n) is 4.34. The van der Waals surface area contributed by atoms with E-state index in [0.29, 0.717) is 0 Å². The molecule has 1 aliphatic heterocycles. The monoisotopic (exact) mass is 261 g/mol. The van der Waals surface area contributed by atoms with Crippen molar-refractivity contribution in [2.24, 2.45) is 0 Å². The summed E-state index contributed by atoms with van der Waals surface area (Å²) >= 11 is 1.75. The van der Waals surface area contributed by atoms with Crippen molar-refractivity contribution >= 4 is 17.2 Å². The lowest BCUT2D eigenvalue weighted by Gasteiger charge is -2.33. The van der Waals surface area contributed by atoms with E-state index in [1.807, 2.05) is 13.0 Å². The van der Waals surface area contributed by atoms with E-state index in [4.69, 9.17) is 4.74 Å². The zero-order chi connectivity index (χ0) is 12.4. The van der Waals surface area contributed by atoms with E-state index < -0.39 is 0 Å². The standard InChI is InChI=1S/C13H15N3OS/c1-10-7-13(15-9-14-10)16-4-5-17-11(8-16)12-3-2-6-18-12/h2-3,6-7,9,11H,4-5,8H2,1H3. The number of anilines is 1. The second-order valence-corrected chi connectivity index (χ2v) is 5.32. The maximum Gasteiger partial charge on any atom is 0.132 e. The molecule has 0 N–H and O–H groups in total. The highest BCUT2D eigenvalue weighted by atomic mass is 32.1. The lowest BCUT2D eigenvalue weighted by atomic mass is 10.2. The van der Waals surface area contributed by atoms with Crippen molar-refractivity contribution in [1.29, 1.82) is 0 Å². The minimum absolute atomic E-state index is 0.161. The van der Waals surface area contributed by atoms with Gasteiger partial charge in [0.05, 0.1) is 13.2 Å². The molecule has 18 heavy (non-hydrogen) atoms. The van der Waals surface area contributed by atoms with Crippen molar-refractivity contribution in [3.63, 3.8) is 0 Å². The number of nitrogens with zero attached hydrogens (tertiary/aromatic N) is 3. The van der Waals surface area contributed by atoms with Crippen LogP contribution in [0.25, 0.3) is 0 Å². The number of aromatic nitrogens is 2. The van der Waals surface area contributed by atoms with Gasteiger partial charge in [0, 0.05) is 23.2 Å². The van der Waals surface area contributed by atoms with Gasteiger partial charge in [-0.15, -0.1) is 11.3 Å². The van der Waals surface area contributed by atoms with Crippen LogP contribution in [0.2, 0.25) is 0 Å². The first-order valence-electron chi connectivity index (χ1n) is 6.01. The first-order valence-corrected chi connectivity index (χ1v) is 6.89. The quantitative estimate of drug-likeness (QED) is 0.832. The summed E-state index contributed by atoms with van der Waals surface area (Å²) in [5, 5.41) is 2.09. The van der Waals surface area contributed by atoms with E-state index in [2.05, 4.69) is 32.4 Å². The Morgan fingerprint density at radius 3 is 3.17 bits per heavy atom. The number of aryl methyl sites for hydroxylation is 1. The van der Waals surface area contributed by atoms with Crippen LogP contribution in [-0.2, 0) is 4.74 Å². The molecule has 3 rings (SSSR count). The zero-order valence-corrected chi connectivity index (χ0v) is 11.1. The van der Waals surface area contributed by atoms with Crippen LogP contribution in [0.1, 0.15) is 16.7 Å². The normalized spacial score (nSPS) is 20.1. The molecular weight excluding hydrogens is 246 g/mol. The molecule has 1 unspecified atom stereocenters. The topological polar surface area (TPSA) is 38.2 Å². The van der Waals surface area contributed by atoms with Gasteiger partial charge in [-0.1, -0.05) is 6.07 Å². The fourth-order valence-electron chi connectivity index (χ4n) is 2.12. The number of rotatable bonds is 2. The summed E-state index contributed by atoms with van der Waals surface area (Å²) in [5.74, 6) is 0.993. The number of hydrogen-bond acceptors (Lipinski definition) is 5. The van der Waals surface area contributed by atoms with Crippen LogP contribution in [0, 0.1) is 6.92 Å². The van der Waals surface area contributed by atoms with Crippen molar-refractivity contribution in [2.45, 2.75) is 13.0 Å². The van der Waals surface area contributed by atoms with Crippen molar-refractivity contribution in [3.8, 4) is 0 Å². The zero-order valence-electron chi connectivity index (χ0n) is 10.2. The van der Waals surface area contributed by atoms with E-state index in [9.17, 15) is 0 Å². The van der Waals surface area contributed by atoms with Gasteiger partial charge < -0.3 is 9.64 Å². The van der Waals surface area contributed by atoms with E-state index in [0.717, 1.165) is 31.2 Å². The fraction of sp³-hybridized carbons (Fsp3) is 0.385. The number of morpholine rings is 1.